The lowest BCUT2D eigenvalue weighted by Gasteiger charge is -2.24. The van der Waals surface area contributed by atoms with E-state index >= 15 is 0 Å². The van der Waals surface area contributed by atoms with Gasteiger partial charge in [0.15, 0.2) is 18.3 Å². The molecule has 0 saturated heterocycles. The number of benzene rings is 1. The number of hydrogen-bond acceptors (Lipinski definition) is 6. The van der Waals surface area contributed by atoms with Crippen LogP contribution in [0.2, 0.25) is 0 Å². The van der Waals surface area contributed by atoms with Crippen molar-refractivity contribution in [2.75, 3.05) is 28.1 Å². The second-order valence-corrected chi connectivity index (χ2v) is 8.27. The standard InChI is InChI=1S/C23H25N3O4S/c1-14(2)25(3)23(27)22-24-20(19-7-6-10-31-19)21-16-12-18(30-13-28-4)17(29-5)11-15(16)8-9-26(21)22/h6-7,10-12H,1,8-9,13H2,2-5H3. The Balaban J connectivity index is 1.93. The van der Waals surface area contributed by atoms with Crippen LogP contribution in [0.25, 0.3) is 21.8 Å². The third-order valence-electron chi connectivity index (χ3n) is 5.37. The first kappa shape index (κ1) is 21.1. The Morgan fingerprint density at radius 2 is 2.13 bits per heavy atom. The lowest BCUT2D eigenvalue weighted by molar-refractivity contribution is 0.0492. The van der Waals surface area contributed by atoms with Crippen LogP contribution in [0.3, 0.4) is 0 Å². The van der Waals surface area contributed by atoms with E-state index < -0.39 is 0 Å². The normalized spacial score (nSPS) is 12.1. The van der Waals surface area contributed by atoms with Crippen LogP contribution in [0.5, 0.6) is 11.5 Å². The van der Waals surface area contributed by atoms with Gasteiger partial charge in [0.05, 0.1) is 17.7 Å². The van der Waals surface area contributed by atoms with Crippen molar-refractivity contribution in [2.45, 2.75) is 19.9 Å². The van der Waals surface area contributed by atoms with Crippen LogP contribution >= 0.6 is 11.3 Å². The van der Waals surface area contributed by atoms with Crippen LogP contribution in [0.15, 0.2) is 41.9 Å². The first-order valence-electron chi connectivity index (χ1n) is 9.87. The van der Waals surface area contributed by atoms with E-state index in [1.807, 2.05) is 34.2 Å². The van der Waals surface area contributed by atoms with Crippen molar-refractivity contribution < 1.29 is 19.0 Å². The summed E-state index contributed by atoms with van der Waals surface area (Å²) in [5.41, 5.74) is 4.46. The van der Waals surface area contributed by atoms with E-state index in [0.29, 0.717) is 29.6 Å². The van der Waals surface area contributed by atoms with Gasteiger partial charge in [-0.3, -0.25) is 4.79 Å². The molecule has 4 rings (SSSR count). The molecule has 0 atom stereocenters. The van der Waals surface area contributed by atoms with Gasteiger partial charge in [-0.05, 0) is 42.5 Å². The first-order chi connectivity index (χ1) is 15.0. The average Bonchev–Trinajstić information content (AvgIpc) is 3.43. The Hall–Kier alpha value is -3.10. The van der Waals surface area contributed by atoms with E-state index in [9.17, 15) is 4.79 Å². The fourth-order valence-electron chi connectivity index (χ4n) is 3.67. The number of nitrogens with zero attached hydrogens (tertiary/aromatic N) is 3. The van der Waals surface area contributed by atoms with E-state index in [-0.39, 0.29) is 12.7 Å². The Labute approximate surface area is 185 Å². The molecule has 162 valence electrons. The SMILES string of the molecule is C=C(C)N(C)C(=O)c1nc(-c2cccs2)c2n1CCc1cc(OC)c(OCOC)cc1-2. The predicted octanol–water partition coefficient (Wildman–Crippen LogP) is 4.43. The van der Waals surface area contributed by atoms with Gasteiger partial charge in [0, 0.05) is 32.0 Å². The van der Waals surface area contributed by atoms with Gasteiger partial charge in [0.25, 0.3) is 5.91 Å². The van der Waals surface area contributed by atoms with Crippen LogP contribution in [-0.2, 0) is 17.7 Å². The smallest absolute Gasteiger partial charge is 0.293 e. The van der Waals surface area contributed by atoms with E-state index in [2.05, 4.69) is 6.58 Å². The monoisotopic (exact) mass is 439 g/mol. The number of aryl methyl sites for hydroxylation is 1. The minimum atomic E-state index is -0.177. The van der Waals surface area contributed by atoms with Crippen molar-refractivity contribution in [1.82, 2.24) is 14.5 Å². The summed E-state index contributed by atoms with van der Waals surface area (Å²) in [4.78, 5) is 20.5. The molecule has 8 heteroatoms. The summed E-state index contributed by atoms with van der Waals surface area (Å²) in [6.07, 6.45) is 0.751. The molecule has 1 aromatic carbocycles. The number of amides is 1. The minimum absolute atomic E-state index is 0.110. The summed E-state index contributed by atoms with van der Waals surface area (Å²) in [5, 5.41) is 2.01. The highest BCUT2D eigenvalue weighted by molar-refractivity contribution is 7.13. The Bertz CT molecular complexity index is 1130. The predicted molar refractivity (Wildman–Crippen MR) is 121 cm³/mol. The zero-order valence-electron chi connectivity index (χ0n) is 18.1. The number of carbonyl (C=O) groups is 1. The van der Waals surface area contributed by atoms with Crippen molar-refractivity contribution in [3.8, 4) is 33.3 Å². The summed E-state index contributed by atoms with van der Waals surface area (Å²) in [6, 6.07) is 7.95. The van der Waals surface area contributed by atoms with Crippen LogP contribution < -0.4 is 9.47 Å². The van der Waals surface area contributed by atoms with Gasteiger partial charge in [-0.15, -0.1) is 11.3 Å². The lowest BCUT2D eigenvalue weighted by Crippen LogP contribution is -2.28. The molecule has 0 saturated carbocycles. The second-order valence-electron chi connectivity index (χ2n) is 7.32. The van der Waals surface area contributed by atoms with Crippen molar-refractivity contribution in [3.63, 3.8) is 0 Å². The minimum Gasteiger partial charge on any atom is -0.493 e. The number of thiophene rings is 1. The molecule has 0 unspecified atom stereocenters. The van der Waals surface area contributed by atoms with Gasteiger partial charge in [-0.25, -0.2) is 4.98 Å². The van der Waals surface area contributed by atoms with Gasteiger partial charge < -0.3 is 23.7 Å². The molecule has 3 aromatic rings. The number of allylic oxidation sites excluding steroid dienone is 1. The fourth-order valence-corrected chi connectivity index (χ4v) is 4.39. The highest BCUT2D eigenvalue weighted by Gasteiger charge is 2.31. The first-order valence-corrected chi connectivity index (χ1v) is 10.7. The summed E-state index contributed by atoms with van der Waals surface area (Å²) in [5.74, 6) is 1.47. The number of imidazole rings is 1. The molecule has 3 heterocycles. The van der Waals surface area contributed by atoms with Crippen LogP contribution in [0, 0.1) is 0 Å². The second kappa shape index (κ2) is 8.56. The third kappa shape index (κ3) is 3.73. The average molecular weight is 440 g/mol. The van der Waals surface area contributed by atoms with Gasteiger partial charge in [0.2, 0.25) is 5.82 Å². The number of ether oxygens (including phenoxy) is 3. The van der Waals surface area contributed by atoms with Crippen LogP contribution in [0.1, 0.15) is 23.1 Å². The summed E-state index contributed by atoms with van der Waals surface area (Å²) >= 11 is 1.59. The highest BCUT2D eigenvalue weighted by atomic mass is 32.1. The molecule has 0 bridgehead atoms. The zero-order chi connectivity index (χ0) is 22.1. The molecule has 1 aliphatic heterocycles. The van der Waals surface area contributed by atoms with E-state index in [1.54, 1.807) is 39.5 Å². The molecule has 7 nitrogen and oxygen atoms in total. The molecule has 1 aliphatic rings. The maximum absolute atomic E-state index is 13.2. The van der Waals surface area contributed by atoms with Gasteiger partial charge in [0.1, 0.15) is 5.69 Å². The van der Waals surface area contributed by atoms with Crippen molar-refractivity contribution in [1.29, 1.82) is 0 Å². The summed E-state index contributed by atoms with van der Waals surface area (Å²) < 4.78 is 18.4. The number of hydrogen-bond donors (Lipinski definition) is 0. The summed E-state index contributed by atoms with van der Waals surface area (Å²) in [6.45, 7) is 6.45. The van der Waals surface area contributed by atoms with E-state index in [0.717, 1.165) is 33.8 Å². The fraction of sp³-hybridized carbons (Fsp3) is 0.304. The molecule has 0 fully saturated rings. The third-order valence-corrected chi connectivity index (χ3v) is 6.25. The van der Waals surface area contributed by atoms with Gasteiger partial charge >= 0.3 is 0 Å². The topological polar surface area (TPSA) is 65.8 Å². The number of methoxy groups -OCH3 is 2. The maximum Gasteiger partial charge on any atom is 0.293 e. The molecule has 0 N–H and O–H groups in total. The van der Waals surface area contributed by atoms with E-state index in [1.165, 1.54) is 4.90 Å². The molecule has 2 aromatic heterocycles. The van der Waals surface area contributed by atoms with Gasteiger partial charge in [-0.1, -0.05) is 12.6 Å². The largest absolute Gasteiger partial charge is 0.493 e. The number of aromatic nitrogens is 2. The molecule has 0 spiro atoms. The molecule has 1 amide bonds. The zero-order valence-corrected chi connectivity index (χ0v) is 18.9. The molecule has 0 radical (unpaired) electrons. The lowest BCUT2D eigenvalue weighted by atomic mass is 9.96. The van der Waals surface area contributed by atoms with Gasteiger partial charge in [-0.2, -0.15) is 0 Å². The highest BCUT2D eigenvalue weighted by Crippen LogP contribution is 2.44. The van der Waals surface area contributed by atoms with Crippen molar-refractivity contribution in [3.05, 3.63) is 53.3 Å². The van der Waals surface area contributed by atoms with Crippen molar-refractivity contribution in [2.24, 2.45) is 0 Å². The number of carbonyl (C=O) groups excluding carboxylic acids is 1. The summed E-state index contributed by atoms with van der Waals surface area (Å²) in [7, 11) is 4.91. The number of rotatable bonds is 7. The quantitative estimate of drug-likeness (QED) is 0.510. The number of fused-ring (bicyclic) bond motifs is 3. The van der Waals surface area contributed by atoms with Crippen LogP contribution in [0.4, 0.5) is 0 Å². The Kier molecular flexibility index (Phi) is 5.84. The Morgan fingerprint density at radius 3 is 2.77 bits per heavy atom. The molecular weight excluding hydrogens is 414 g/mol. The van der Waals surface area contributed by atoms with E-state index in [4.69, 9.17) is 19.2 Å². The Morgan fingerprint density at radius 1 is 1.32 bits per heavy atom. The van der Waals surface area contributed by atoms with Crippen molar-refractivity contribution >= 4 is 17.2 Å². The molecular formula is C23H25N3O4S. The molecule has 31 heavy (non-hydrogen) atoms. The maximum atomic E-state index is 13.2. The van der Waals surface area contributed by atoms with Crippen LogP contribution in [-0.4, -0.2) is 48.4 Å². The molecule has 0 aliphatic carbocycles.